The highest BCUT2D eigenvalue weighted by Gasteiger charge is 2.56. The van der Waals surface area contributed by atoms with E-state index in [1.165, 1.54) is 4.90 Å². The van der Waals surface area contributed by atoms with Crippen LogP contribution in [0.1, 0.15) is 78.0 Å². The third kappa shape index (κ3) is 10.6. The minimum absolute atomic E-state index is 0.0144. The van der Waals surface area contributed by atoms with Crippen LogP contribution in [0, 0.1) is 11.3 Å². The van der Waals surface area contributed by atoms with Gasteiger partial charge in [-0.25, -0.2) is 9.46 Å². The number of ether oxygens (including phenoxy) is 4. The van der Waals surface area contributed by atoms with Crippen LogP contribution in [0.2, 0.25) is 18.1 Å². The molecule has 2 aliphatic heterocycles. The van der Waals surface area contributed by atoms with E-state index in [0.29, 0.717) is 11.5 Å². The van der Waals surface area contributed by atoms with Crippen LogP contribution in [0.25, 0.3) is 0 Å². The molecule has 0 aromatic heterocycles. The zero-order chi connectivity index (χ0) is 43.8. The number of nitriles is 1. The van der Waals surface area contributed by atoms with E-state index in [9.17, 15) is 14.9 Å². The van der Waals surface area contributed by atoms with Gasteiger partial charge >= 0.3 is 6.03 Å². The molecule has 60 heavy (non-hydrogen) atoms. The van der Waals surface area contributed by atoms with Crippen molar-refractivity contribution in [3.8, 4) is 17.6 Å². The first-order valence-corrected chi connectivity index (χ1v) is 24.7. The van der Waals surface area contributed by atoms with Crippen molar-refractivity contribution < 1.29 is 42.0 Å². The molecule has 2 heterocycles. The van der Waals surface area contributed by atoms with Gasteiger partial charge in [0.25, 0.3) is 8.53 Å². The molecule has 0 bridgehead atoms. The molecule has 326 valence electrons. The molecule has 3 aromatic rings. The van der Waals surface area contributed by atoms with E-state index in [1.807, 2.05) is 78.9 Å². The maximum absolute atomic E-state index is 13.7. The van der Waals surface area contributed by atoms with E-state index in [2.05, 4.69) is 77.6 Å². The summed E-state index contributed by atoms with van der Waals surface area (Å²) < 4.78 is 48.8. The largest absolute Gasteiger partial charge is 0.497 e. The minimum atomic E-state index is -2.61. The van der Waals surface area contributed by atoms with E-state index in [4.69, 9.17) is 32.4 Å². The van der Waals surface area contributed by atoms with Gasteiger partial charge in [-0.05, 0) is 86.8 Å². The summed E-state index contributed by atoms with van der Waals surface area (Å²) in [6, 6.07) is 27.2. The topological polar surface area (TPSA) is 141 Å². The van der Waals surface area contributed by atoms with Crippen molar-refractivity contribution in [3.05, 3.63) is 95.6 Å². The number of nitrogens with zero attached hydrogens (tertiary/aromatic N) is 3. The molecule has 13 nitrogen and oxygen atoms in total. The van der Waals surface area contributed by atoms with Crippen LogP contribution in [-0.4, -0.2) is 100 Å². The Balaban J connectivity index is 1.70. The average molecular weight is 863 g/mol. The second-order valence-corrected chi connectivity index (χ2v) is 23.3. The van der Waals surface area contributed by atoms with E-state index < -0.39 is 53.0 Å². The molecule has 0 saturated carbocycles. The molecule has 1 N–H and O–H groups in total. The number of rotatable bonds is 19. The van der Waals surface area contributed by atoms with Crippen LogP contribution in [0.4, 0.5) is 4.79 Å². The molecule has 5 atom stereocenters. The van der Waals surface area contributed by atoms with Gasteiger partial charge in [-0.3, -0.25) is 15.0 Å². The fourth-order valence-electron chi connectivity index (χ4n) is 7.36. The first kappa shape index (κ1) is 47.2. The summed E-state index contributed by atoms with van der Waals surface area (Å²) in [5.74, 6) is 1.04. The van der Waals surface area contributed by atoms with Crippen molar-refractivity contribution >= 4 is 28.8 Å². The first-order valence-electron chi connectivity index (χ1n) is 20.6. The monoisotopic (exact) mass is 862 g/mol. The fourth-order valence-corrected chi connectivity index (χ4v) is 10.4. The number of amides is 3. The Morgan fingerprint density at radius 1 is 0.883 bits per heavy atom. The summed E-state index contributed by atoms with van der Waals surface area (Å²) in [5.41, 5.74) is 1.35. The number of nitrogens with one attached hydrogen (secondary N) is 1. The van der Waals surface area contributed by atoms with E-state index in [0.717, 1.165) is 16.7 Å². The molecule has 15 heteroatoms. The maximum Gasteiger partial charge on any atom is 0.326 e. The lowest BCUT2D eigenvalue weighted by Crippen LogP contribution is -2.59. The van der Waals surface area contributed by atoms with Gasteiger partial charge in [-0.1, -0.05) is 75.4 Å². The lowest BCUT2D eigenvalue weighted by molar-refractivity contribution is -0.127. The van der Waals surface area contributed by atoms with Crippen LogP contribution in [0.5, 0.6) is 11.5 Å². The second-order valence-electron chi connectivity index (χ2n) is 17.1. The van der Waals surface area contributed by atoms with Crippen molar-refractivity contribution in [3.63, 3.8) is 0 Å². The van der Waals surface area contributed by atoms with Crippen molar-refractivity contribution in [2.75, 3.05) is 34.0 Å². The third-order valence-corrected chi connectivity index (χ3v) is 18.0. The molecule has 2 fully saturated rings. The fraction of sp³-hybridized carbons (Fsp3) is 0.533. The molecule has 0 radical (unpaired) electrons. The Morgan fingerprint density at radius 2 is 1.43 bits per heavy atom. The zero-order valence-electron chi connectivity index (χ0n) is 37.0. The molecule has 0 aliphatic carbocycles. The van der Waals surface area contributed by atoms with Gasteiger partial charge < -0.3 is 32.4 Å². The van der Waals surface area contributed by atoms with E-state index in [-0.39, 0.29) is 55.6 Å². The van der Waals surface area contributed by atoms with Crippen molar-refractivity contribution in [2.24, 2.45) is 0 Å². The molecular formula is C45H63N4O9PSi. The van der Waals surface area contributed by atoms with Crippen LogP contribution in [0.3, 0.4) is 0 Å². The predicted octanol–water partition coefficient (Wildman–Crippen LogP) is 8.73. The Bertz CT molecular complexity index is 1850. The van der Waals surface area contributed by atoms with Gasteiger partial charge in [0.2, 0.25) is 5.91 Å². The molecule has 0 spiro atoms. The zero-order valence-corrected chi connectivity index (χ0v) is 38.9. The summed E-state index contributed by atoms with van der Waals surface area (Å²) in [5, 5.41) is 11.8. The highest BCUT2D eigenvalue weighted by Crippen LogP contribution is 2.52. The van der Waals surface area contributed by atoms with Crippen LogP contribution < -0.4 is 14.8 Å². The Kier molecular flexibility index (Phi) is 16.0. The number of imide groups is 1. The van der Waals surface area contributed by atoms with Gasteiger partial charge in [-0.15, -0.1) is 0 Å². The van der Waals surface area contributed by atoms with E-state index >= 15 is 0 Å². The quantitative estimate of drug-likeness (QED) is 0.0536. The third-order valence-electron chi connectivity index (χ3n) is 11.4. The maximum atomic E-state index is 13.7. The molecular weight excluding hydrogens is 800 g/mol. The molecule has 2 unspecified atom stereocenters. The highest BCUT2D eigenvalue weighted by molar-refractivity contribution is 7.44. The molecule has 5 rings (SSSR count). The van der Waals surface area contributed by atoms with Gasteiger partial charge in [0, 0.05) is 25.0 Å². The van der Waals surface area contributed by atoms with Crippen molar-refractivity contribution in [1.82, 2.24) is 14.9 Å². The molecule has 2 saturated heterocycles. The first-order chi connectivity index (χ1) is 28.5. The summed E-state index contributed by atoms with van der Waals surface area (Å²) in [6.07, 6.45) is -3.12. The number of hydrogen-bond donors (Lipinski definition) is 1. The summed E-state index contributed by atoms with van der Waals surface area (Å²) in [6.45, 7) is 19.4. The van der Waals surface area contributed by atoms with Gasteiger partial charge in [-0.2, -0.15) is 5.26 Å². The average Bonchev–Trinajstić information content (AvgIpc) is 3.53. The number of hydrogen-bond acceptors (Lipinski definition) is 11. The summed E-state index contributed by atoms with van der Waals surface area (Å²) in [7, 11) is -1.15. The lowest BCUT2D eigenvalue weighted by atomic mass is 9.80. The van der Waals surface area contributed by atoms with Crippen molar-refractivity contribution in [1.29, 1.82) is 5.26 Å². The lowest BCUT2D eigenvalue weighted by Gasteiger charge is -2.43. The second kappa shape index (κ2) is 20.3. The number of carbonyl (C=O) groups excluding carboxylic acids is 2. The SMILES string of the molecule is COc1ccc(C(OC[C@H]2O[C@@H](N3CCC(=O)NC3=O)C(O[Si](C)(C)C(C)(C)C)[C@H]2OP(OCCC#N)N(C(C)C)C(C)C)(c2ccccc2)c2ccc(OC)cc2)cc1. The Hall–Kier alpha value is -3.90. The van der Waals surface area contributed by atoms with Gasteiger partial charge in [0.15, 0.2) is 14.5 Å². The predicted molar refractivity (Wildman–Crippen MR) is 234 cm³/mol. The van der Waals surface area contributed by atoms with E-state index in [1.54, 1.807) is 14.2 Å². The molecule has 2 aliphatic rings. The number of methoxy groups -OCH3 is 2. The minimum Gasteiger partial charge on any atom is -0.497 e. The summed E-state index contributed by atoms with van der Waals surface area (Å²) >= 11 is 0. The molecule has 3 amide bonds. The number of urea groups is 1. The standard InChI is InChI=1S/C45H63N4O9PSi/c1-31(2)49(32(3)4)59(55-29-15-27-46)57-40-38(56-42(48-28-26-39(50)47-43(48)51)41(40)58-60(10,11)44(5,6)7)30-54-45(33-16-13-12-14-17-33,34-18-22-36(52-8)23-19-34)35-20-24-37(53-9)25-21-35/h12-14,16-25,31-32,38,40-42H,15,26,28-30H2,1-11H3,(H,47,50,51)/t38-,40+,41?,42-,59?/m1/s1. The van der Waals surface area contributed by atoms with Gasteiger partial charge in [0.05, 0.1) is 39.9 Å². The smallest absolute Gasteiger partial charge is 0.326 e. The Morgan fingerprint density at radius 3 is 1.92 bits per heavy atom. The Labute approximate surface area is 358 Å². The normalized spacial score (nSPS) is 20.7. The van der Waals surface area contributed by atoms with Crippen LogP contribution >= 0.6 is 8.53 Å². The number of carbonyl (C=O) groups is 2. The molecule has 3 aromatic carbocycles. The number of benzene rings is 3. The van der Waals surface area contributed by atoms with Crippen LogP contribution in [-0.2, 0) is 33.3 Å². The summed E-state index contributed by atoms with van der Waals surface area (Å²) in [4.78, 5) is 27.7. The van der Waals surface area contributed by atoms with Crippen LogP contribution in [0.15, 0.2) is 78.9 Å². The van der Waals surface area contributed by atoms with Gasteiger partial charge in [0.1, 0.15) is 35.4 Å². The van der Waals surface area contributed by atoms with Crippen molar-refractivity contribution in [2.45, 2.75) is 122 Å². The highest BCUT2D eigenvalue weighted by atomic mass is 31.2.